The molecule has 0 amide bonds. The molecule has 0 saturated carbocycles. The lowest BCUT2D eigenvalue weighted by Crippen LogP contribution is -2.15. The van der Waals surface area contributed by atoms with Gasteiger partial charge in [-0.05, 0) is 30.7 Å². The fourth-order valence-electron chi connectivity index (χ4n) is 2.74. The molecule has 106 valence electrons. The lowest BCUT2D eigenvalue weighted by molar-refractivity contribution is -0.137. The van der Waals surface area contributed by atoms with Crippen molar-refractivity contribution in [3.8, 4) is 0 Å². The predicted molar refractivity (Wildman–Crippen MR) is 77.4 cm³/mol. The van der Waals surface area contributed by atoms with Crippen molar-refractivity contribution in [2.24, 2.45) is 5.92 Å². The Morgan fingerprint density at radius 1 is 1.55 bits per heavy atom. The van der Waals surface area contributed by atoms with Gasteiger partial charge < -0.3 is 10.1 Å². The number of aromatic nitrogens is 2. The van der Waals surface area contributed by atoms with Gasteiger partial charge in [-0.1, -0.05) is 6.92 Å². The highest BCUT2D eigenvalue weighted by atomic mass is 32.1. The number of hydrogen-bond acceptors (Lipinski definition) is 4. The number of hydrogen-bond donors (Lipinski definition) is 2. The van der Waals surface area contributed by atoms with E-state index in [2.05, 4.69) is 16.9 Å². The number of carbonyl (C=O) groups is 1. The second kappa shape index (κ2) is 5.01. The van der Waals surface area contributed by atoms with Gasteiger partial charge in [0.05, 0.1) is 11.8 Å². The van der Waals surface area contributed by atoms with Gasteiger partial charge >= 0.3 is 5.97 Å². The monoisotopic (exact) mass is 292 g/mol. The SMILES string of the molecule is C[C@@H]1CCc2c(sc3nc(CCC(=O)O)[nH]c(=O)c23)C1. The largest absolute Gasteiger partial charge is 0.481 e. The Kier molecular flexibility index (Phi) is 3.33. The number of aliphatic carboxylic acids is 1. The molecule has 5 nitrogen and oxygen atoms in total. The molecule has 0 fully saturated rings. The molecule has 6 heteroatoms. The summed E-state index contributed by atoms with van der Waals surface area (Å²) in [5.41, 5.74) is 1.03. The van der Waals surface area contributed by atoms with Gasteiger partial charge in [-0.25, -0.2) is 4.98 Å². The smallest absolute Gasteiger partial charge is 0.303 e. The summed E-state index contributed by atoms with van der Waals surface area (Å²) in [5.74, 6) is 0.240. The Morgan fingerprint density at radius 3 is 3.10 bits per heavy atom. The quantitative estimate of drug-likeness (QED) is 0.907. The summed E-state index contributed by atoms with van der Waals surface area (Å²) in [7, 11) is 0. The van der Waals surface area contributed by atoms with Crippen LogP contribution in [0.4, 0.5) is 0 Å². The van der Waals surface area contributed by atoms with Crippen molar-refractivity contribution < 1.29 is 9.90 Å². The van der Waals surface area contributed by atoms with Crippen LogP contribution in [0.1, 0.15) is 36.0 Å². The third-order valence-electron chi connectivity index (χ3n) is 3.79. The topological polar surface area (TPSA) is 83.0 Å². The second-order valence-electron chi connectivity index (χ2n) is 5.44. The van der Waals surface area contributed by atoms with Crippen LogP contribution in [-0.2, 0) is 24.1 Å². The van der Waals surface area contributed by atoms with Crippen molar-refractivity contribution >= 4 is 27.5 Å². The van der Waals surface area contributed by atoms with Crippen LogP contribution >= 0.6 is 11.3 Å². The van der Waals surface area contributed by atoms with E-state index in [0.717, 1.165) is 35.0 Å². The molecular formula is C14H16N2O3S. The van der Waals surface area contributed by atoms with Gasteiger partial charge in [0, 0.05) is 11.3 Å². The summed E-state index contributed by atoms with van der Waals surface area (Å²) in [5, 5.41) is 9.42. The molecule has 20 heavy (non-hydrogen) atoms. The van der Waals surface area contributed by atoms with Crippen LogP contribution in [0.25, 0.3) is 10.2 Å². The fraction of sp³-hybridized carbons (Fsp3) is 0.500. The lowest BCUT2D eigenvalue weighted by atomic mass is 9.89. The minimum absolute atomic E-state index is 0.0173. The van der Waals surface area contributed by atoms with E-state index in [4.69, 9.17) is 5.11 Å². The van der Waals surface area contributed by atoms with Crippen molar-refractivity contribution in [3.63, 3.8) is 0 Å². The average Bonchev–Trinajstić information content (AvgIpc) is 2.73. The maximum atomic E-state index is 12.2. The van der Waals surface area contributed by atoms with Crippen LogP contribution < -0.4 is 5.56 Å². The summed E-state index contributed by atoms with van der Waals surface area (Å²) >= 11 is 1.59. The van der Waals surface area contributed by atoms with E-state index in [9.17, 15) is 9.59 Å². The van der Waals surface area contributed by atoms with Gasteiger partial charge in [0.2, 0.25) is 0 Å². The summed E-state index contributed by atoms with van der Waals surface area (Å²) < 4.78 is 0. The highest BCUT2D eigenvalue weighted by Gasteiger charge is 2.22. The first-order valence-corrected chi connectivity index (χ1v) is 7.61. The Bertz CT molecular complexity index is 732. The van der Waals surface area contributed by atoms with Crippen LogP contribution in [-0.4, -0.2) is 21.0 Å². The first kappa shape index (κ1) is 13.3. The van der Waals surface area contributed by atoms with E-state index in [-0.39, 0.29) is 18.4 Å². The molecule has 1 aliphatic rings. The second-order valence-corrected chi connectivity index (χ2v) is 6.52. The van der Waals surface area contributed by atoms with Crippen LogP contribution in [0.3, 0.4) is 0 Å². The molecule has 0 saturated heterocycles. The number of fused-ring (bicyclic) bond motifs is 3. The van der Waals surface area contributed by atoms with Crippen molar-refractivity contribution in [2.45, 2.75) is 39.0 Å². The van der Waals surface area contributed by atoms with Crippen molar-refractivity contribution in [1.82, 2.24) is 9.97 Å². The molecule has 0 aromatic carbocycles. The number of aromatic amines is 1. The number of carboxylic acid groups (broad SMARTS) is 1. The van der Waals surface area contributed by atoms with Crippen molar-refractivity contribution in [2.75, 3.05) is 0 Å². The summed E-state index contributed by atoms with van der Waals surface area (Å²) in [6, 6.07) is 0. The predicted octanol–water partition coefficient (Wildman–Crippen LogP) is 2.13. The molecule has 0 unspecified atom stereocenters. The minimum Gasteiger partial charge on any atom is -0.481 e. The Labute approximate surface area is 119 Å². The van der Waals surface area contributed by atoms with Crippen LogP contribution in [0.2, 0.25) is 0 Å². The van der Waals surface area contributed by atoms with E-state index in [1.807, 2.05) is 0 Å². The number of thiophene rings is 1. The lowest BCUT2D eigenvalue weighted by Gasteiger charge is -2.17. The maximum absolute atomic E-state index is 12.2. The van der Waals surface area contributed by atoms with E-state index in [0.29, 0.717) is 11.7 Å². The molecule has 2 aromatic heterocycles. The van der Waals surface area contributed by atoms with Crippen LogP contribution in [0, 0.1) is 5.92 Å². The van der Waals surface area contributed by atoms with E-state index in [1.165, 1.54) is 4.88 Å². The number of nitrogens with zero attached hydrogens (tertiary/aromatic N) is 1. The molecule has 0 radical (unpaired) electrons. The van der Waals surface area contributed by atoms with Gasteiger partial charge in [-0.2, -0.15) is 0 Å². The number of rotatable bonds is 3. The molecule has 2 N–H and O–H groups in total. The molecule has 1 aliphatic carbocycles. The van der Waals surface area contributed by atoms with Crippen LogP contribution in [0.5, 0.6) is 0 Å². The normalized spacial score (nSPS) is 18.1. The minimum atomic E-state index is -0.882. The molecule has 3 rings (SSSR count). The molecule has 2 aromatic rings. The third-order valence-corrected chi connectivity index (χ3v) is 4.94. The van der Waals surface area contributed by atoms with Gasteiger partial charge in [-0.15, -0.1) is 11.3 Å². The molecule has 0 spiro atoms. The average molecular weight is 292 g/mol. The summed E-state index contributed by atoms with van der Waals surface area (Å²) in [6.07, 6.45) is 3.31. The first-order chi connectivity index (χ1) is 9.54. The highest BCUT2D eigenvalue weighted by molar-refractivity contribution is 7.18. The van der Waals surface area contributed by atoms with Crippen LogP contribution in [0.15, 0.2) is 4.79 Å². The third kappa shape index (κ3) is 2.35. The molecule has 0 aliphatic heterocycles. The fourth-order valence-corrected chi connectivity index (χ4v) is 4.14. The Hall–Kier alpha value is -1.69. The first-order valence-electron chi connectivity index (χ1n) is 6.80. The number of nitrogens with one attached hydrogen (secondary N) is 1. The van der Waals surface area contributed by atoms with E-state index >= 15 is 0 Å². The van der Waals surface area contributed by atoms with Gasteiger partial charge in [0.1, 0.15) is 10.7 Å². The summed E-state index contributed by atoms with van der Waals surface area (Å²) in [6.45, 7) is 2.23. The number of carboxylic acids is 1. The standard InChI is InChI=1S/C14H16N2O3S/c1-7-2-3-8-9(6-7)20-14-12(8)13(19)15-10(16-14)4-5-11(17)18/h7H,2-6H2,1H3,(H,17,18)(H,15,16,19)/t7-/m1/s1. The van der Waals surface area contributed by atoms with E-state index in [1.54, 1.807) is 11.3 Å². The zero-order valence-electron chi connectivity index (χ0n) is 11.2. The summed E-state index contributed by atoms with van der Waals surface area (Å²) in [4.78, 5) is 32.0. The Morgan fingerprint density at radius 2 is 2.35 bits per heavy atom. The highest BCUT2D eigenvalue weighted by Crippen LogP contribution is 2.35. The van der Waals surface area contributed by atoms with Crippen molar-refractivity contribution in [3.05, 3.63) is 26.6 Å². The number of H-pyrrole nitrogens is 1. The zero-order chi connectivity index (χ0) is 14.3. The van der Waals surface area contributed by atoms with E-state index < -0.39 is 5.97 Å². The molecule has 1 atom stereocenters. The molecule has 0 bridgehead atoms. The Balaban J connectivity index is 2.05. The molecule has 2 heterocycles. The van der Waals surface area contributed by atoms with Crippen molar-refractivity contribution in [1.29, 1.82) is 0 Å². The number of aryl methyl sites for hydroxylation is 2. The van der Waals surface area contributed by atoms with Gasteiger partial charge in [-0.3, -0.25) is 9.59 Å². The van der Waals surface area contributed by atoms with Gasteiger partial charge in [0.25, 0.3) is 5.56 Å². The maximum Gasteiger partial charge on any atom is 0.303 e. The molecular weight excluding hydrogens is 276 g/mol. The zero-order valence-corrected chi connectivity index (χ0v) is 12.0. The van der Waals surface area contributed by atoms with Gasteiger partial charge in [0.15, 0.2) is 0 Å².